The lowest BCUT2D eigenvalue weighted by molar-refractivity contribution is 0.0997. The summed E-state index contributed by atoms with van der Waals surface area (Å²) in [5.74, 6) is 0.136. The molecule has 6 heteroatoms. The lowest BCUT2D eigenvalue weighted by Gasteiger charge is -2.29. The van der Waals surface area contributed by atoms with Gasteiger partial charge in [0.1, 0.15) is 5.00 Å². The van der Waals surface area contributed by atoms with Gasteiger partial charge in [0, 0.05) is 15.3 Å². The molecule has 152 valence electrons. The van der Waals surface area contributed by atoms with Gasteiger partial charge in [0.2, 0.25) is 0 Å². The Bertz CT molecular complexity index is 971. The van der Waals surface area contributed by atoms with E-state index < -0.39 is 0 Å². The zero-order chi connectivity index (χ0) is 20.4. The molecule has 29 heavy (non-hydrogen) atoms. The summed E-state index contributed by atoms with van der Waals surface area (Å²) in [6, 6.07) is 12.4. The monoisotopic (exact) mass is 426 g/mol. The number of likely N-dealkylation sites (tertiary alicyclic amines) is 1. The molecule has 3 aromatic rings. The zero-order valence-electron chi connectivity index (χ0n) is 17.0. The van der Waals surface area contributed by atoms with Crippen LogP contribution < -0.4 is 5.32 Å². The van der Waals surface area contributed by atoms with Gasteiger partial charge in [-0.2, -0.15) is 0 Å². The first-order valence-corrected chi connectivity index (χ1v) is 12.0. The molecule has 4 nitrogen and oxygen atoms in total. The van der Waals surface area contributed by atoms with E-state index >= 15 is 0 Å². The molecule has 2 aromatic heterocycles. The molecule has 1 N–H and O–H groups in total. The fraction of sp³-hybridized carbons (Fsp3) is 0.348. The maximum atomic E-state index is 12.7. The number of carbonyl (C=O) groups excluding carboxylic acids is 1. The predicted octanol–water partition coefficient (Wildman–Crippen LogP) is 6.12. The van der Waals surface area contributed by atoms with Crippen molar-refractivity contribution in [1.29, 1.82) is 0 Å². The van der Waals surface area contributed by atoms with E-state index in [1.165, 1.54) is 45.6 Å². The molecular weight excluding hydrogens is 400 g/mol. The number of furan rings is 1. The smallest absolute Gasteiger partial charge is 0.291 e. The number of anilines is 1. The number of hydrogen-bond acceptors (Lipinski definition) is 5. The summed E-state index contributed by atoms with van der Waals surface area (Å²) in [5.41, 5.74) is 3.75. The van der Waals surface area contributed by atoms with Gasteiger partial charge >= 0.3 is 0 Å². The average molecular weight is 427 g/mol. The van der Waals surface area contributed by atoms with Crippen molar-refractivity contribution < 1.29 is 9.21 Å². The summed E-state index contributed by atoms with van der Waals surface area (Å²) in [6.45, 7) is 6.46. The van der Waals surface area contributed by atoms with Crippen molar-refractivity contribution in [2.24, 2.45) is 0 Å². The van der Waals surface area contributed by atoms with Gasteiger partial charge in [-0.1, -0.05) is 12.1 Å². The highest BCUT2D eigenvalue weighted by Gasteiger charge is 2.31. The Morgan fingerprint density at radius 3 is 2.52 bits per heavy atom. The van der Waals surface area contributed by atoms with Gasteiger partial charge < -0.3 is 9.73 Å². The number of aryl methyl sites for hydroxylation is 1. The van der Waals surface area contributed by atoms with E-state index in [-0.39, 0.29) is 11.9 Å². The third-order valence-corrected chi connectivity index (χ3v) is 7.50. The number of rotatable bonds is 6. The number of carbonyl (C=O) groups is 1. The molecule has 1 aliphatic rings. The van der Waals surface area contributed by atoms with Crippen molar-refractivity contribution in [2.45, 2.75) is 37.6 Å². The summed E-state index contributed by atoms with van der Waals surface area (Å²) in [6.07, 6.45) is 6.06. The third kappa shape index (κ3) is 4.15. The van der Waals surface area contributed by atoms with Crippen LogP contribution >= 0.6 is 23.1 Å². The first-order valence-electron chi connectivity index (χ1n) is 9.91. The van der Waals surface area contributed by atoms with E-state index in [0.29, 0.717) is 5.76 Å². The molecule has 1 fully saturated rings. The van der Waals surface area contributed by atoms with Gasteiger partial charge in [0.05, 0.1) is 12.3 Å². The van der Waals surface area contributed by atoms with Crippen molar-refractivity contribution >= 4 is 34.0 Å². The molecular formula is C23H26N2O2S2. The van der Waals surface area contributed by atoms with E-state index in [2.05, 4.69) is 54.6 Å². The van der Waals surface area contributed by atoms with Gasteiger partial charge in [-0.3, -0.25) is 9.69 Å². The Kier molecular flexibility index (Phi) is 6.13. The van der Waals surface area contributed by atoms with E-state index in [1.54, 1.807) is 35.2 Å². The number of hydrogen-bond donors (Lipinski definition) is 1. The zero-order valence-corrected chi connectivity index (χ0v) is 18.7. The molecule has 1 amide bonds. The first-order chi connectivity index (χ1) is 14.1. The highest BCUT2D eigenvalue weighted by Crippen LogP contribution is 2.43. The normalized spacial score (nSPS) is 15.6. The van der Waals surface area contributed by atoms with Crippen LogP contribution in [0.1, 0.15) is 51.0 Å². The third-order valence-electron chi connectivity index (χ3n) is 5.61. The van der Waals surface area contributed by atoms with Crippen LogP contribution in [0.3, 0.4) is 0 Å². The van der Waals surface area contributed by atoms with E-state index in [1.807, 2.05) is 0 Å². The summed E-state index contributed by atoms with van der Waals surface area (Å²) in [5, 5.41) is 4.05. The van der Waals surface area contributed by atoms with E-state index in [9.17, 15) is 4.79 Å². The molecule has 0 bridgehead atoms. The van der Waals surface area contributed by atoms with Crippen molar-refractivity contribution in [3.05, 3.63) is 70.0 Å². The summed E-state index contributed by atoms with van der Waals surface area (Å²) in [4.78, 5) is 17.7. The van der Waals surface area contributed by atoms with Gasteiger partial charge in [-0.05, 0) is 81.4 Å². The van der Waals surface area contributed by atoms with E-state index in [0.717, 1.165) is 18.1 Å². The highest BCUT2D eigenvalue weighted by atomic mass is 32.2. The van der Waals surface area contributed by atoms with Crippen LogP contribution in [0, 0.1) is 13.8 Å². The fourth-order valence-corrected chi connectivity index (χ4v) is 5.48. The lowest BCUT2D eigenvalue weighted by Crippen LogP contribution is -2.27. The van der Waals surface area contributed by atoms with Crippen LogP contribution in [-0.4, -0.2) is 30.2 Å². The molecule has 4 rings (SSSR count). The minimum atomic E-state index is -0.199. The SMILES string of the molecule is CSc1ccc([C@H](c2c(NC(=O)c3ccco3)sc(C)c2C)N2CCCC2)cc1. The number of thiophene rings is 1. The summed E-state index contributed by atoms with van der Waals surface area (Å²) in [7, 11) is 0. The Labute approximate surface area is 180 Å². The Morgan fingerprint density at radius 1 is 1.17 bits per heavy atom. The second-order valence-electron chi connectivity index (χ2n) is 7.38. The number of thioether (sulfide) groups is 1. The van der Waals surface area contributed by atoms with Crippen molar-refractivity contribution in [3.8, 4) is 0 Å². The molecule has 0 unspecified atom stereocenters. The molecule has 1 aliphatic heterocycles. The Morgan fingerprint density at radius 2 is 1.90 bits per heavy atom. The summed E-state index contributed by atoms with van der Waals surface area (Å²) < 4.78 is 5.29. The second-order valence-corrected chi connectivity index (χ2v) is 9.48. The lowest BCUT2D eigenvalue weighted by atomic mass is 9.95. The topological polar surface area (TPSA) is 45.5 Å². The van der Waals surface area contributed by atoms with Crippen LogP contribution in [0.15, 0.2) is 52.0 Å². The molecule has 0 saturated carbocycles. The molecule has 1 atom stereocenters. The van der Waals surface area contributed by atoms with Crippen molar-refractivity contribution in [1.82, 2.24) is 4.90 Å². The standard InChI is InChI=1S/C23H26N2O2S2/c1-15-16(2)29-23(24-22(26)19-7-6-14-27-19)20(15)21(25-12-4-5-13-25)17-8-10-18(28-3)11-9-17/h6-11,14,21H,4-5,12-13H2,1-3H3,(H,24,26)/t21-/m1/s1. The van der Waals surface area contributed by atoms with Crippen LogP contribution in [0.2, 0.25) is 0 Å². The first kappa shape index (κ1) is 20.3. The van der Waals surface area contributed by atoms with Crippen molar-refractivity contribution in [3.63, 3.8) is 0 Å². The minimum Gasteiger partial charge on any atom is -0.459 e. The van der Waals surface area contributed by atoms with E-state index in [4.69, 9.17) is 4.42 Å². The van der Waals surface area contributed by atoms with Gasteiger partial charge in [-0.15, -0.1) is 23.1 Å². The van der Waals surface area contributed by atoms with Crippen LogP contribution in [-0.2, 0) is 0 Å². The second kappa shape index (κ2) is 8.78. The number of nitrogens with zero attached hydrogens (tertiary/aromatic N) is 1. The maximum Gasteiger partial charge on any atom is 0.291 e. The molecule has 1 aromatic carbocycles. The van der Waals surface area contributed by atoms with Gasteiger partial charge in [0.15, 0.2) is 5.76 Å². The van der Waals surface area contributed by atoms with Gasteiger partial charge in [0.25, 0.3) is 5.91 Å². The van der Waals surface area contributed by atoms with Crippen LogP contribution in [0.5, 0.6) is 0 Å². The minimum absolute atomic E-state index is 0.144. The fourth-order valence-electron chi connectivity index (χ4n) is 3.99. The van der Waals surface area contributed by atoms with Crippen LogP contribution in [0.25, 0.3) is 0 Å². The molecule has 1 saturated heterocycles. The molecule has 3 heterocycles. The average Bonchev–Trinajstić information content (AvgIpc) is 3.49. The molecule has 0 spiro atoms. The van der Waals surface area contributed by atoms with Crippen molar-refractivity contribution in [2.75, 3.05) is 24.7 Å². The largest absolute Gasteiger partial charge is 0.459 e. The maximum absolute atomic E-state index is 12.7. The molecule has 0 radical (unpaired) electrons. The Balaban J connectivity index is 1.76. The van der Waals surface area contributed by atoms with Crippen LogP contribution in [0.4, 0.5) is 5.00 Å². The number of benzene rings is 1. The summed E-state index contributed by atoms with van der Waals surface area (Å²) >= 11 is 3.41. The molecule has 0 aliphatic carbocycles. The highest BCUT2D eigenvalue weighted by molar-refractivity contribution is 7.98. The number of nitrogens with one attached hydrogen (secondary N) is 1. The van der Waals surface area contributed by atoms with Gasteiger partial charge in [-0.25, -0.2) is 0 Å². The quantitative estimate of drug-likeness (QED) is 0.483. The predicted molar refractivity (Wildman–Crippen MR) is 121 cm³/mol. The Hall–Kier alpha value is -2.02. The number of amides is 1.